The Bertz CT molecular complexity index is 3480. The Morgan fingerprint density at radius 1 is 0.527 bits per heavy atom. The largest absolute Gasteiger partial charge is 0.355 e. The quantitative estimate of drug-likeness (QED) is 0.197. The van der Waals surface area contributed by atoms with Gasteiger partial charge < -0.3 is 4.98 Å². The molecule has 0 aliphatic heterocycles. The first-order valence-electron chi connectivity index (χ1n) is 18.9. The lowest BCUT2D eigenvalue weighted by Gasteiger charge is -2.13. The predicted molar refractivity (Wildman–Crippen MR) is 232 cm³/mol. The van der Waals surface area contributed by atoms with Crippen LogP contribution in [0.25, 0.3) is 115 Å². The molecule has 55 heavy (non-hydrogen) atoms. The maximum absolute atomic E-state index is 5.52. The van der Waals surface area contributed by atoms with Crippen LogP contribution in [-0.4, -0.2) is 19.5 Å². The summed E-state index contributed by atoms with van der Waals surface area (Å²) in [7, 11) is 0. The number of aromatic amines is 1. The molecule has 1 N–H and O–H groups in total. The summed E-state index contributed by atoms with van der Waals surface area (Å²) in [6, 6.07) is 54.8. The zero-order chi connectivity index (χ0) is 36.0. The van der Waals surface area contributed by atoms with Crippen LogP contribution in [0.2, 0.25) is 0 Å². The van der Waals surface area contributed by atoms with E-state index < -0.39 is 0 Å². The summed E-state index contributed by atoms with van der Waals surface area (Å²) < 4.78 is 3.48. The number of hydrogen-bond acceptors (Lipinski definition) is 3. The molecule has 7 aromatic carbocycles. The van der Waals surface area contributed by atoms with E-state index in [9.17, 15) is 0 Å². The molecule has 0 radical (unpaired) electrons. The number of fused-ring (bicyclic) bond motifs is 11. The number of thiophene rings is 1. The van der Waals surface area contributed by atoms with E-state index in [0.717, 1.165) is 46.0 Å². The van der Waals surface area contributed by atoms with E-state index in [-0.39, 0.29) is 0 Å². The van der Waals surface area contributed by atoms with Gasteiger partial charge in [0.05, 0.1) is 22.2 Å². The number of rotatable bonds is 4. The van der Waals surface area contributed by atoms with E-state index in [4.69, 9.17) is 9.97 Å². The molecular weight excluding hydrogens is 689 g/mol. The van der Waals surface area contributed by atoms with Gasteiger partial charge in [-0.1, -0.05) is 121 Å². The van der Waals surface area contributed by atoms with Crippen molar-refractivity contribution in [3.8, 4) is 38.8 Å². The molecule has 0 amide bonds. The Kier molecular flexibility index (Phi) is 6.59. The van der Waals surface area contributed by atoms with Crippen molar-refractivity contribution in [1.82, 2.24) is 19.5 Å². The highest BCUT2D eigenvalue weighted by Crippen LogP contribution is 2.43. The summed E-state index contributed by atoms with van der Waals surface area (Å²) in [6.07, 6.45) is 6.87. The van der Waals surface area contributed by atoms with Crippen molar-refractivity contribution in [1.29, 1.82) is 0 Å². The summed E-state index contributed by atoms with van der Waals surface area (Å²) in [5.41, 5.74) is 9.92. The zero-order valence-corrected chi connectivity index (χ0v) is 30.6. The summed E-state index contributed by atoms with van der Waals surface area (Å²) in [4.78, 5) is 15.8. The van der Waals surface area contributed by atoms with Crippen molar-refractivity contribution < 1.29 is 0 Å². The van der Waals surface area contributed by atoms with Crippen molar-refractivity contribution >= 4 is 88.0 Å². The molecule has 1 aliphatic carbocycles. The number of nitrogens with zero attached hydrogens (tertiary/aromatic N) is 3. The highest BCUT2D eigenvalue weighted by Gasteiger charge is 2.21. The lowest BCUT2D eigenvalue weighted by molar-refractivity contribution is 1.01. The van der Waals surface area contributed by atoms with Crippen LogP contribution in [-0.2, 0) is 0 Å². The average Bonchev–Trinajstić information content (AvgIpc) is 3.95. The van der Waals surface area contributed by atoms with E-state index >= 15 is 0 Å². The first-order chi connectivity index (χ1) is 27.2. The van der Waals surface area contributed by atoms with Crippen LogP contribution in [0.1, 0.15) is 12.8 Å². The number of nitrogens with one attached hydrogen (secondary N) is 1. The van der Waals surface area contributed by atoms with Crippen LogP contribution in [0.5, 0.6) is 0 Å². The van der Waals surface area contributed by atoms with Crippen molar-refractivity contribution in [2.24, 2.45) is 0 Å². The van der Waals surface area contributed by atoms with Crippen LogP contribution >= 0.6 is 11.3 Å². The van der Waals surface area contributed by atoms with Crippen LogP contribution < -0.4 is 10.6 Å². The lowest BCUT2D eigenvalue weighted by atomic mass is 9.99. The van der Waals surface area contributed by atoms with Crippen molar-refractivity contribution in [2.45, 2.75) is 12.8 Å². The number of H-pyrrole nitrogens is 1. The van der Waals surface area contributed by atoms with Crippen LogP contribution in [0.3, 0.4) is 0 Å². The average molecular weight is 721 g/mol. The fourth-order valence-corrected chi connectivity index (χ4v) is 10.00. The molecule has 5 heteroatoms. The minimum atomic E-state index is 0.667. The Morgan fingerprint density at radius 3 is 2.13 bits per heavy atom. The van der Waals surface area contributed by atoms with E-state index in [2.05, 4.69) is 173 Å². The molecule has 4 aromatic heterocycles. The molecule has 1 aliphatic rings. The minimum Gasteiger partial charge on any atom is -0.355 e. The summed E-state index contributed by atoms with van der Waals surface area (Å²) in [5, 5.41) is 11.0. The Hall–Kier alpha value is -6.82. The topological polar surface area (TPSA) is 46.5 Å². The summed E-state index contributed by atoms with van der Waals surface area (Å²) in [6.45, 7) is 0. The van der Waals surface area contributed by atoms with Crippen molar-refractivity contribution in [3.63, 3.8) is 0 Å². The van der Waals surface area contributed by atoms with Crippen LogP contribution in [0.4, 0.5) is 0 Å². The molecule has 0 saturated heterocycles. The standard InChI is InChI=1S/C50H32N4S/c1-3-12-31(13-4-1)45-29-35-20-24-42-47(49(35)55-45)48(32-14-5-2-6-15-32)53-50(52-42)54-43-25-22-34(28-39(43)46-36-16-8-7-11-30(36)21-26-44(46)54)33-19-23-41-38(27-33)37-17-9-10-18-40(37)51-41/h1-8,11-29,51H,9-10H2. The third-order valence-electron chi connectivity index (χ3n) is 11.4. The number of benzene rings is 7. The van der Waals surface area contributed by atoms with Gasteiger partial charge in [0.1, 0.15) is 0 Å². The van der Waals surface area contributed by atoms with E-state index in [1.807, 2.05) is 11.3 Å². The molecule has 4 nitrogen and oxygen atoms in total. The SMILES string of the molecule is C1=c2[nH]c3ccc(-c4ccc5c(c4)c4c6ccccc6ccc4n5-c4nc(-c5ccccc5)c5c(ccc6cc(-c7ccccc7)sc65)n4)cc3c2=CCC1. The van der Waals surface area contributed by atoms with Crippen LogP contribution in [0.15, 0.2) is 152 Å². The van der Waals surface area contributed by atoms with Gasteiger partial charge in [0.25, 0.3) is 0 Å². The van der Waals surface area contributed by atoms with E-state index in [1.165, 1.54) is 74.7 Å². The number of hydrogen-bond donors (Lipinski definition) is 1. The molecule has 4 heterocycles. The first-order valence-corrected chi connectivity index (χ1v) is 19.7. The summed E-state index contributed by atoms with van der Waals surface area (Å²) in [5.74, 6) is 0.667. The van der Waals surface area contributed by atoms with Crippen molar-refractivity contribution in [3.05, 3.63) is 162 Å². The fraction of sp³-hybridized carbons (Fsp3) is 0.0400. The van der Waals surface area contributed by atoms with Gasteiger partial charge >= 0.3 is 0 Å². The lowest BCUT2D eigenvalue weighted by Crippen LogP contribution is -2.24. The molecule has 0 fully saturated rings. The smallest absolute Gasteiger partial charge is 0.235 e. The second-order valence-electron chi connectivity index (χ2n) is 14.5. The van der Waals surface area contributed by atoms with Gasteiger partial charge in [-0.25, -0.2) is 9.97 Å². The molecule has 258 valence electrons. The Morgan fingerprint density at radius 2 is 1.25 bits per heavy atom. The van der Waals surface area contributed by atoms with Gasteiger partial charge in [0.15, 0.2) is 0 Å². The minimum absolute atomic E-state index is 0.667. The molecule has 11 aromatic rings. The number of aromatic nitrogens is 4. The third kappa shape index (κ3) is 4.70. The first kappa shape index (κ1) is 30.6. The van der Waals surface area contributed by atoms with Gasteiger partial charge in [-0.15, -0.1) is 11.3 Å². The maximum atomic E-state index is 5.52. The van der Waals surface area contributed by atoms with Gasteiger partial charge in [0, 0.05) is 52.8 Å². The molecule has 0 saturated carbocycles. The molecule has 0 bridgehead atoms. The molecule has 12 rings (SSSR count). The monoisotopic (exact) mass is 720 g/mol. The molecular formula is C50H32N4S. The zero-order valence-electron chi connectivity index (χ0n) is 29.8. The molecule has 0 atom stereocenters. The molecule has 0 spiro atoms. The predicted octanol–water partition coefficient (Wildman–Crippen LogP) is 11.9. The highest BCUT2D eigenvalue weighted by molar-refractivity contribution is 7.23. The fourth-order valence-electron chi connectivity index (χ4n) is 8.79. The van der Waals surface area contributed by atoms with Gasteiger partial charge in [-0.05, 0) is 88.2 Å². The van der Waals surface area contributed by atoms with Crippen LogP contribution in [0, 0.1) is 0 Å². The third-order valence-corrected chi connectivity index (χ3v) is 12.6. The van der Waals surface area contributed by atoms with Gasteiger partial charge in [-0.2, -0.15) is 0 Å². The maximum Gasteiger partial charge on any atom is 0.235 e. The van der Waals surface area contributed by atoms with E-state index in [0.29, 0.717) is 5.95 Å². The van der Waals surface area contributed by atoms with Gasteiger partial charge in [0.2, 0.25) is 5.95 Å². The highest BCUT2D eigenvalue weighted by atomic mass is 32.1. The normalized spacial score (nSPS) is 12.9. The Labute approximate surface area is 320 Å². The Balaban J connectivity index is 1.13. The van der Waals surface area contributed by atoms with E-state index in [1.54, 1.807) is 0 Å². The molecule has 0 unspecified atom stereocenters. The van der Waals surface area contributed by atoms with Crippen molar-refractivity contribution in [2.75, 3.05) is 0 Å². The van der Waals surface area contributed by atoms with Gasteiger partial charge in [-0.3, -0.25) is 4.57 Å². The summed E-state index contributed by atoms with van der Waals surface area (Å²) >= 11 is 1.81. The second kappa shape index (κ2) is 11.8. The second-order valence-corrected chi connectivity index (χ2v) is 15.6.